The molecule has 0 bridgehead atoms. The van der Waals surface area contributed by atoms with Crippen molar-refractivity contribution in [2.45, 2.75) is 11.8 Å². The monoisotopic (exact) mass is 281 g/mol. The quantitative estimate of drug-likeness (QED) is 0.896. The van der Waals surface area contributed by atoms with Crippen molar-refractivity contribution in [2.75, 3.05) is 13.7 Å². The average molecular weight is 281 g/mol. The van der Waals surface area contributed by atoms with Crippen molar-refractivity contribution in [1.82, 2.24) is 4.72 Å². The van der Waals surface area contributed by atoms with E-state index < -0.39 is 10.0 Å². The summed E-state index contributed by atoms with van der Waals surface area (Å²) in [5.74, 6) is 0.317. The Bertz CT molecular complexity index is 710. The van der Waals surface area contributed by atoms with Gasteiger partial charge < -0.3 is 9.84 Å². The van der Waals surface area contributed by atoms with Gasteiger partial charge >= 0.3 is 0 Å². The second-order valence-corrected chi connectivity index (χ2v) is 5.71. The standard InChI is InChI=1S/C13H15NO4S/c1-3-14-19(16,17)12-8-7-9-10(13(12)18-2)5-4-6-11(9)15/h4-8,14-15H,3H2,1-2H3. The Morgan fingerprint density at radius 2 is 1.95 bits per heavy atom. The third kappa shape index (κ3) is 2.36. The molecule has 0 amide bonds. The summed E-state index contributed by atoms with van der Waals surface area (Å²) in [6.45, 7) is 2.00. The van der Waals surface area contributed by atoms with Gasteiger partial charge in [0.2, 0.25) is 10.0 Å². The topological polar surface area (TPSA) is 75.6 Å². The van der Waals surface area contributed by atoms with Gasteiger partial charge in [-0.15, -0.1) is 0 Å². The van der Waals surface area contributed by atoms with Crippen molar-refractivity contribution in [3.05, 3.63) is 30.3 Å². The molecule has 102 valence electrons. The number of benzene rings is 2. The van der Waals surface area contributed by atoms with Crippen LogP contribution in [0.2, 0.25) is 0 Å². The first-order valence-corrected chi connectivity index (χ1v) is 7.28. The minimum Gasteiger partial charge on any atom is -0.507 e. The van der Waals surface area contributed by atoms with E-state index in [4.69, 9.17) is 4.74 Å². The van der Waals surface area contributed by atoms with Crippen LogP contribution in [0.25, 0.3) is 10.8 Å². The summed E-state index contributed by atoms with van der Waals surface area (Å²) in [6.07, 6.45) is 0. The first kappa shape index (κ1) is 13.6. The van der Waals surface area contributed by atoms with Crippen LogP contribution in [0, 0.1) is 0 Å². The minimum absolute atomic E-state index is 0.0648. The van der Waals surface area contributed by atoms with Gasteiger partial charge in [-0.05, 0) is 18.2 Å². The van der Waals surface area contributed by atoms with E-state index in [0.717, 1.165) is 0 Å². The number of hydrogen-bond acceptors (Lipinski definition) is 4. The summed E-state index contributed by atoms with van der Waals surface area (Å²) in [6, 6.07) is 7.89. The van der Waals surface area contributed by atoms with Crippen molar-refractivity contribution in [3.8, 4) is 11.5 Å². The van der Waals surface area contributed by atoms with Gasteiger partial charge in [0.15, 0.2) is 0 Å². The number of phenols is 1. The zero-order valence-electron chi connectivity index (χ0n) is 10.7. The van der Waals surface area contributed by atoms with Crippen LogP contribution in [0.15, 0.2) is 35.2 Å². The summed E-state index contributed by atoms with van der Waals surface area (Å²) in [4.78, 5) is 0.0648. The molecule has 0 aliphatic rings. The SMILES string of the molecule is CCNS(=O)(=O)c1ccc2c(O)cccc2c1OC. The number of sulfonamides is 1. The lowest BCUT2D eigenvalue weighted by molar-refractivity contribution is 0.407. The zero-order chi connectivity index (χ0) is 14.0. The molecule has 5 nitrogen and oxygen atoms in total. The summed E-state index contributed by atoms with van der Waals surface area (Å²) in [7, 11) is -2.21. The number of phenolic OH excluding ortho intramolecular Hbond substituents is 1. The Labute approximate surface area is 111 Å². The molecule has 0 fully saturated rings. The van der Waals surface area contributed by atoms with Gasteiger partial charge in [-0.2, -0.15) is 0 Å². The Hall–Kier alpha value is -1.79. The third-order valence-corrected chi connectivity index (χ3v) is 4.35. The van der Waals surface area contributed by atoms with Gasteiger partial charge in [0.25, 0.3) is 0 Å². The lowest BCUT2D eigenvalue weighted by Gasteiger charge is -2.13. The van der Waals surface area contributed by atoms with E-state index in [0.29, 0.717) is 17.3 Å². The highest BCUT2D eigenvalue weighted by atomic mass is 32.2. The molecular formula is C13H15NO4S. The summed E-state index contributed by atoms with van der Waals surface area (Å²) < 4.78 is 31.8. The highest BCUT2D eigenvalue weighted by Crippen LogP contribution is 2.36. The molecule has 0 aliphatic heterocycles. The molecule has 0 unspecified atom stereocenters. The van der Waals surface area contributed by atoms with E-state index in [-0.39, 0.29) is 16.4 Å². The van der Waals surface area contributed by atoms with Gasteiger partial charge in [-0.3, -0.25) is 0 Å². The number of methoxy groups -OCH3 is 1. The Morgan fingerprint density at radius 1 is 1.21 bits per heavy atom. The third-order valence-electron chi connectivity index (χ3n) is 2.78. The Kier molecular flexibility index (Phi) is 3.64. The van der Waals surface area contributed by atoms with Crippen molar-refractivity contribution >= 4 is 20.8 Å². The fraction of sp³-hybridized carbons (Fsp3) is 0.231. The van der Waals surface area contributed by atoms with Crippen LogP contribution in [-0.2, 0) is 10.0 Å². The number of rotatable bonds is 4. The molecule has 0 atom stereocenters. The minimum atomic E-state index is -3.61. The number of ether oxygens (including phenoxy) is 1. The van der Waals surface area contributed by atoms with Crippen LogP contribution in [0.5, 0.6) is 11.5 Å². The van der Waals surface area contributed by atoms with Crippen molar-refractivity contribution < 1.29 is 18.3 Å². The highest BCUT2D eigenvalue weighted by molar-refractivity contribution is 7.89. The van der Waals surface area contributed by atoms with Crippen LogP contribution in [0.1, 0.15) is 6.92 Å². The van der Waals surface area contributed by atoms with E-state index in [9.17, 15) is 13.5 Å². The van der Waals surface area contributed by atoms with Gasteiger partial charge in [-0.25, -0.2) is 13.1 Å². The second-order valence-electron chi connectivity index (χ2n) is 3.97. The molecule has 19 heavy (non-hydrogen) atoms. The van der Waals surface area contributed by atoms with Crippen molar-refractivity contribution in [3.63, 3.8) is 0 Å². The molecule has 0 saturated heterocycles. The van der Waals surface area contributed by atoms with Crippen LogP contribution in [-0.4, -0.2) is 27.2 Å². The fourth-order valence-electron chi connectivity index (χ4n) is 1.98. The summed E-state index contributed by atoms with van der Waals surface area (Å²) in [5, 5.41) is 10.9. The molecule has 0 aromatic heterocycles. The maximum atomic E-state index is 12.1. The number of hydrogen-bond donors (Lipinski definition) is 2. The van der Waals surface area contributed by atoms with Gasteiger partial charge in [0.05, 0.1) is 7.11 Å². The highest BCUT2D eigenvalue weighted by Gasteiger charge is 2.21. The zero-order valence-corrected chi connectivity index (χ0v) is 11.5. The van der Waals surface area contributed by atoms with Crippen molar-refractivity contribution in [1.29, 1.82) is 0 Å². The van der Waals surface area contributed by atoms with Gasteiger partial charge in [-0.1, -0.05) is 19.1 Å². The van der Waals surface area contributed by atoms with E-state index >= 15 is 0 Å². The maximum absolute atomic E-state index is 12.1. The lowest BCUT2D eigenvalue weighted by atomic mass is 10.1. The lowest BCUT2D eigenvalue weighted by Crippen LogP contribution is -2.23. The molecule has 6 heteroatoms. The number of aromatic hydroxyl groups is 1. The maximum Gasteiger partial charge on any atom is 0.244 e. The molecule has 0 heterocycles. The van der Waals surface area contributed by atoms with Crippen LogP contribution in [0.3, 0.4) is 0 Å². The predicted molar refractivity (Wildman–Crippen MR) is 73.0 cm³/mol. The van der Waals surface area contributed by atoms with Gasteiger partial charge in [0.1, 0.15) is 16.4 Å². The molecule has 2 rings (SSSR count). The summed E-state index contributed by atoms with van der Waals surface area (Å²) in [5.41, 5.74) is 0. The molecule has 0 aliphatic carbocycles. The first-order chi connectivity index (χ1) is 9.01. The van der Waals surface area contributed by atoms with Crippen LogP contribution in [0.4, 0.5) is 0 Å². The van der Waals surface area contributed by atoms with E-state index in [1.165, 1.54) is 13.2 Å². The average Bonchev–Trinajstić information content (AvgIpc) is 2.37. The molecular weight excluding hydrogens is 266 g/mol. The van der Waals surface area contributed by atoms with E-state index in [1.807, 2.05) is 0 Å². The molecule has 0 radical (unpaired) electrons. The van der Waals surface area contributed by atoms with E-state index in [2.05, 4.69) is 4.72 Å². The molecule has 0 spiro atoms. The molecule has 2 N–H and O–H groups in total. The molecule has 2 aromatic carbocycles. The number of fused-ring (bicyclic) bond motifs is 1. The molecule has 0 saturated carbocycles. The van der Waals surface area contributed by atoms with Crippen LogP contribution < -0.4 is 9.46 Å². The van der Waals surface area contributed by atoms with Crippen molar-refractivity contribution in [2.24, 2.45) is 0 Å². The van der Waals surface area contributed by atoms with Crippen LogP contribution >= 0.6 is 0 Å². The summed E-state index contributed by atoms with van der Waals surface area (Å²) >= 11 is 0. The number of nitrogens with one attached hydrogen (secondary N) is 1. The predicted octanol–water partition coefficient (Wildman–Crippen LogP) is 1.85. The Balaban J connectivity index is 2.78. The molecule has 2 aromatic rings. The second kappa shape index (κ2) is 5.07. The normalized spacial score (nSPS) is 11.7. The first-order valence-electron chi connectivity index (χ1n) is 5.79. The Morgan fingerprint density at radius 3 is 2.58 bits per heavy atom. The fourth-order valence-corrected chi connectivity index (χ4v) is 3.20. The largest absolute Gasteiger partial charge is 0.507 e. The smallest absolute Gasteiger partial charge is 0.244 e. The van der Waals surface area contributed by atoms with Gasteiger partial charge in [0, 0.05) is 17.3 Å². The van der Waals surface area contributed by atoms with E-state index in [1.54, 1.807) is 31.2 Å².